The van der Waals surface area contributed by atoms with E-state index in [0.717, 1.165) is 28.9 Å². The number of likely N-dealkylation sites (N-methyl/N-ethyl adjacent to an activating group) is 1. The Morgan fingerprint density at radius 3 is 2.62 bits per heavy atom. The van der Waals surface area contributed by atoms with E-state index in [0.29, 0.717) is 13.2 Å². The molecule has 3 rings (SSSR count). The summed E-state index contributed by atoms with van der Waals surface area (Å²) >= 11 is 0.826. The molecule has 1 atom stereocenters. The molecule has 1 saturated heterocycles. The normalized spacial score (nSPS) is 19.3. The Labute approximate surface area is 157 Å². The molecule has 6 nitrogen and oxygen atoms in total. The Hall–Kier alpha value is -2.48. The molecule has 26 heavy (non-hydrogen) atoms. The molecule has 1 fully saturated rings. The predicted octanol–water partition coefficient (Wildman–Crippen LogP) is 1.99. The first-order valence-corrected chi connectivity index (χ1v) is 8.95. The van der Waals surface area contributed by atoms with Crippen molar-refractivity contribution in [3.8, 4) is 5.75 Å². The first-order valence-electron chi connectivity index (χ1n) is 8.13. The van der Waals surface area contributed by atoms with Crippen LogP contribution in [-0.4, -0.2) is 48.8 Å². The van der Waals surface area contributed by atoms with Crippen molar-refractivity contribution in [3.05, 3.63) is 54.2 Å². The number of thioether (sulfide) groups is 1. The Bertz CT molecular complexity index is 788. The molecular weight excluding hydrogens is 349 g/mol. The number of pyridine rings is 1. The average Bonchev–Trinajstić information content (AvgIpc) is 2.88. The van der Waals surface area contributed by atoms with Crippen LogP contribution in [0, 0.1) is 0 Å². The van der Waals surface area contributed by atoms with Crippen molar-refractivity contribution < 1.29 is 14.3 Å². The first kappa shape index (κ1) is 18.3. The maximum Gasteiger partial charge on any atom is 0.285 e. The summed E-state index contributed by atoms with van der Waals surface area (Å²) in [6.07, 6.45) is 2.03. The summed E-state index contributed by atoms with van der Waals surface area (Å²) in [4.78, 5) is 29.4. The maximum absolute atomic E-state index is 11.8. The lowest BCUT2D eigenvalue weighted by molar-refractivity contribution is -0.119. The number of rotatable bonds is 7. The van der Waals surface area contributed by atoms with Gasteiger partial charge in [0.15, 0.2) is 0 Å². The minimum atomic E-state index is -1.25. The van der Waals surface area contributed by atoms with Crippen LogP contribution in [-0.2, 0) is 11.2 Å². The van der Waals surface area contributed by atoms with Gasteiger partial charge in [0.2, 0.25) is 5.91 Å². The molecule has 0 aliphatic carbocycles. The van der Waals surface area contributed by atoms with Crippen molar-refractivity contribution in [1.29, 1.82) is 0 Å². The smallest absolute Gasteiger partial charge is 0.285 e. The lowest BCUT2D eigenvalue weighted by Crippen LogP contribution is -2.38. The molecule has 0 bridgehead atoms. The summed E-state index contributed by atoms with van der Waals surface area (Å²) in [7, 11) is 7.98. The van der Waals surface area contributed by atoms with Crippen LogP contribution in [0.5, 0.6) is 5.75 Å². The average molecular weight is 367 g/mol. The molecular formula is C18H18BN3O3S. The molecule has 2 radical (unpaired) electrons. The topological polar surface area (TPSA) is 71.5 Å². The maximum atomic E-state index is 11.8. The molecule has 2 aromatic rings. The highest BCUT2D eigenvalue weighted by Gasteiger charge is 2.42. The van der Waals surface area contributed by atoms with Crippen LogP contribution < -0.4 is 15.0 Å². The van der Waals surface area contributed by atoms with Gasteiger partial charge >= 0.3 is 0 Å². The van der Waals surface area contributed by atoms with E-state index < -0.39 is 15.8 Å². The molecule has 0 unspecified atom stereocenters. The molecule has 2 heterocycles. The van der Waals surface area contributed by atoms with Crippen LogP contribution in [0.2, 0.25) is 0 Å². The second-order valence-electron chi connectivity index (χ2n) is 6.01. The van der Waals surface area contributed by atoms with Gasteiger partial charge in [-0.1, -0.05) is 30.0 Å². The van der Waals surface area contributed by atoms with Crippen molar-refractivity contribution in [2.75, 3.05) is 25.1 Å². The number of hydrogen-bond acceptors (Lipinski definition) is 6. The Morgan fingerprint density at radius 2 is 2.00 bits per heavy atom. The highest BCUT2D eigenvalue weighted by molar-refractivity contribution is 8.17. The van der Waals surface area contributed by atoms with E-state index in [-0.39, 0.29) is 6.42 Å². The lowest BCUT2D eigenvalue weighted by atomic mass is 9.80. The number of ether oxygens (including phenoxy) is 1. The van der Waals surface area contributed by atoms with Crippen LogP contribution in [0.4, 0.5) is 10.6 Å². The second kappa shape index (κ2) is 7.82. The zero-order valence-electron chi connectivity index (χ0n) is 14.3. The van der Waals surface area contributed by atoms with Crippen LogP contribution in [0.3, 0.4) is 0 Å². The van der Waals surface area contributed by atoms with Gasteiger partial charge in [0, 0.05) is 13.2 Å². The number of amides is 2. The molecule has 132 valence electrons. The third-order valence-electron chi connectivity index (χ3n) is 4.00. The molecule has 1 N–H and O–H groups in total. The minimum Gasteiger partial charge on any atom is -0.492 e. The molecule has 0 spiro atoms. The van der Waals surface area contributed by atoms with Crippen molar-refractivity contribution in [3.63, 3.8) is 0 Å². The number of aromatic nitrogens is 1. The van der Waals surface area contributed by atoms with Gasteiger partial charge in [0.25, 0.3) is 5.24 Å². The Balaban J connectivity index is 1.50. The Kier molecular flexibility index (Phi) is 5.51. The number of anilines is 1. The SMILES string of the molecule is [B][C@]1(Cc2ccc(OCCN(C)c3ccccn3)cc2)SC(=O)NC1=O. The van der Waals surface area contributed by atoms with Crippen LogP contribution in [0.25, 0.3) is 0 Å². The minimum absolute atomic E-state index is 0.276. The van der Waals surface area contributed by atoms with Gasteiger partial charge in [0.05, 0.1) is 11.2 Å². The van der Waals surface area contributed by atoms with Crippen molar-refractivity contribution in [2.45, 2.75) is 11.1 Å². The number of carbonyl (C=O) groups is 2. The first-order chi connectivity index (χ1) is 12.5. The van der Waals surface area contributed by atoms with Gasteiger partial charge in [-0.05, 0) is 36.2 Å². The summed E-state index contributed by atoms with van der Waals surface area (Å²) in [5.74, 6) is 1.17. The number of imide groups is 1. The summed E-state index contributed by atoms with van der Waals surface area (Å²) in [6.45, 7) is 1.21. The fraction of sp³-hybridized carbons (Fsp3) is 0.278. The molecule has 1 aliphatic rings. The van der Waals surface area contributed by atoms with Crippen molar-refractivity contribution in [1.82, 2.24) is 10.3 Å². The molecule has 8 heteroatoms. The lowest BCUT2D eigenvalue weighted by Gasteiger charge is -2.19. The predicted molar refractivity (Wildman–Crippen MR) is 103 cm³/mol. The van der Waals surface area contributed by atoms with Crippen LogP contribution >= 0.6 is 11.8 Å². The van der Waals surface area contributed by atoms with Gasteiger partial charge in [-0.3, -0.25) is 14.9 Å². The largest absolute Gasteiger partial charge is 0.492 e. The van der Waals surface area contributed by atoms with E-state index >= 15 is 0 Å². The Morgan fingerprint density at radius 1 is 1.23 bits per heavy atom. The van der Waals surface area contributed by atoms with E-state index in [9.17, 15) is 9.59 Å². The second-order valence-corrected chi connectivity index (χ2v) is 7.32. The van der Waals surface area contributed by atoms with E-state index in [1.165, 1.54) is 0 Å². The number of nitrogens with one attached hydrogen (secondary N) is 1. The van der Waals surface area contributed by atoms with E-state index in [1.54, 1.807) is 6.20 Å². The molecule has 1 aromatic heterocycles. The summed E-state index contributed by atoms with van der Waals surface area (Å²) in [5.41, 5.74) is 0.864. The van der Waals surface area contributed by atoms with Crippen molar-refractivity contribution in [2.24, 2.45) is 0 Å². The quantitative estimate of drug-likeness (QED) is 0.755. The monoisotopic (exact) mass is 367 g/mol. The van der Waals surface area contributed by atoms with E-state index in [4.69, 9.17) is 12.6 Å². The fourth-order valence-corrected chi connectivity index (χ4v) is 3.41. The standard InChI is InChI=1S/C18H18BN3O3S/c1-22(15-4-2-3-9-20-15)10-11-25-14-7-5-13(6-8-14)12-18(19)16(23)21-17(24)26-18/h2-9H,10-12H2,1H3,(H,21,23,24)/t18-/m1/s1. The summed E-state index contributed by atoms with van der Waals surface area (Å²) in [6, 6.07) is 13.1. The molecule has 2 amide bonds. The fourth-order valence-electron chi connectivity index (χ4n) is 2.55. The molecule has 1 aromatic carbocycles. The van der Waals surface area contributed by atoms with E-state index in [1.807, 2.05) is 54.4 Å². The number of benzene rings is 1. The van der Waals surface area contributed by atoms with Crippen LogP contribution in [0.1, 0.15) is 5.56 Å². The number of carbonyl (C=O) groups excluding carboxylic acids is 2. The third kappa shape index (κ3) is 4.38. The summed E-state index contributed by atoms with van der Waals surface area (Å²) in [5, 5.41) is 1.81. The van der Waals surface area contributed by atoms with Crippen molar-refractivity contribution >= 4 is 36.6 Å². The third-order valence-corrected chi connectivity index (χ3v) is 4.98. The number of hydrogen-bond donors (Lipinski definition) is 1. The highest BCUT2D eigenvalue weighted by Crippen LogP contribution is 2.32. The van der Waals surface area contributed by atoms with Crippen LogP contribution in [0.15, 0.2) is 48.7 Å². The zero-order chi connectivity index (χ0) is 18.6. The summed E-state index contributed by atoms with van der Waals surface area (Å²) < 4.78 is 4.50. The molecule has 0 saturated carbocycles. The molecule has 1 aliphatic heterocycles. The van der Waals surface area contributed by atoms with Gasteiger partial charge in [0.1, 0.15) is 26.0 Å². The zero-order valence-corrected chi connectivity index (χ0v) is 15.2. The van der Waals surface area contributed by atoms with E-state index in [2.05, 4.69) is 10.3 Å². The van der Waals surface area contributed by atoms with Gasteiger partial charge < -0.3 is 9.64 Å². The number of nitrogens with zero attached hydrogens (tertiary/aromatic N) is 2. The van der Waals surface area contributed by atoms with Gasteiger partial charge in [-0.2, -0.15) is 0 Å². The highest BCUT2D eigenvalue weighted by atomic mass is 32.2. The van der Waals surface area contributed by atoms with Gasteiger partial charge in [-0.25, -0.2) is 4.98 Å². The van der Waals surface area contributed by atoms with Gasteiger partial charge in [-0.15, -0.1) is 0 Å².